The largest absolute Gasteiger partial charge is 0.392 e. The standard InChI is InChI=1S/C28H41N3O3S/c1-17-9-8-10-18(2)26(33)20(4)27(34)28(6,7)22(15-29)14-25(32)31-24(12-11-17)19(3)13-23-16-35-21(5)30-23/h11,13,16,18,20,22,24,26,33H,8-10,12,14H2,1-7H3,(H,31,32)/t18-,20+,22?,24?,26-/m0/s1. The fraction of sp³-hybridized carbons (Fsp3) is 0.643. The monoisotopic (exact) mass is 499 g/mol. The molecular weight excluding hydrogens is 458 g/mol. The van der Waals surface area contributed by atoms with Crippen molar-refractivity contribution in [3.05, 3.63) is 33.3 Å². The second kappa shape index (κ2) is 12.6. The molecule has 2 N–H and O–H groups in total. The van der Waals surface area contributed by atoms with E-state index in [-0.39, 0.29) is 30.1 Å². The zero-order valence-electron chi connectivity index (χ0n) is 22.2. The Morgan fingerprint density at radius 3 is 2.60 bits per heavy atom. The topological polar surface area (TPSA) is 103 Å². The number of carbonyl (C=O) groups excluding carboxylic acids is 2. The molecule has 2 unspecified atom stereocenters. The molecule has 1 amide bonds. The molecule has 0 saturated carbocycles. The van der Waals surface area contributed by atoms with Gasteiger partial charge in [0.25, 0.3) is 0 Å². The molecule has 1 aliphatic heterocycles. The Balaban J connectivity index is 2.38. The summed E-state index contributed by atoms with van der Waals surface area (Å²) in [6, 6.07) is 1.97. The third-order valence-corrected chi connectivity index (χ3v) is 8.18. The summed E-state index contributed by atoms with van der Waals surface area (Å²) in [5.74, 6) is -1.87. The summed E-state index contributed by atoms with van der Waals surface area (Å²) in [6.07, 6.45) is 6.57. The van der Waals surface area contributed by atoms with Crippen LogP contribution in [-0.4, -0.2) is 33.9 Å². The van der Waals surface area contributed by atoms with E-state index in [1.807, 2.05) is 32.2 Å². The van der Waals surface area contributed by atoms with Crippen LogP contribution < -0.4 is 5.32 Å². The predicted molar refractivity (Wildman–Crippen MR) is 142 cm³/mol. The molecule has 1 aromatic rings. The van der Waals surface area contributed by atoms with E-state index in [1.54, 1.807) is 32.1 Å². The second-order valence-corrected chi connectivity index (χ2v) is 11.8. The van der Waals surface area contributed by atoms with E-state index >= 15 is 0 Å². The first-order valence-electron chi connectivity index (χ1n) is 12.5. The highest BCUT2D eigenvalue weighted by molar-refractivity contribution is 7.09. The van der Waals surface area contributed by atoms with Gasteiger partial charge in [-0.05, 0) is 64.0 Å². The molecule has 6 nitrogen and oxygen atoms in total. The highest BCUT2D eigenvalue weighted by Crippen LogP contribution is 2.35. The molecule has 0 bridgehead atoms. The lowest BCUT2D eigenvalue weighted by molar-refractivity contribution is -0.138. The summed E-state index contributed by atoms with van der Waals surface area (Å²) in [7, 11) is 0. The number of carbonyl (C=O) groups is 2. The second-order valence-electron chi connectivity index (χ2n) is 10.7. The Labute approximate surface area is 214 Å². The lowest BCUT2D eigenvalue weighted by Crippen LogP contribution is -2.44. The first-order chi connectivity index (χ1) is 16.4. The van der Waals surface area contributed by atoms with Crippen molar-refractivity contribution in [2.75, 3.05) is 0 Å². The van der Waals surface area contributed by atoms with Crippen molar-refractivity contribution in [2.24, 2.45) is 23.2 Å². The quantitative estimate of drug-likeness (QED) is 0.514. The molecule has 0 fully saturated rings. The molecule has 0 radical (unpaired) electrons. The van der Waals surface area contributed by atoms with Gasteiger partial charge in [-0.25, -0.2) is 4.98 Å². The molecule has 0 saturated heterocycles. The molecule has 5 atom stereocenters. The van der Waals surface area contributed by atoms with Gasteiger partial charge in [-0.2, -0.15) is 5.26 Å². The van der Waals surface area contributed by atoms with Gasteiger partial charge < -0.3 is 10.4 Å². The predicted octanol–water partition coefficient (Wildman–Crippen LogP) is 5.62. The smallest absolute Gasteiger partial charge is 0.221 e. The number of aliphatic hydroxyl groups is 1. The lowest BCUT2D eigenvalue weighted by Gasteiger charge is -2.34. The summed E-state index contributed by atoms with van der Waals surface area (Å²) in [5, 5.41) is 26.8. The minimum absolute atomic E-state index is 0.0335. The van der Waals surface area contributed by atoms with Gasteiger partial charge in [0.15, 0.2) is 0 Å². The minimum Gasteiger partial charge on any atom is -0.392 e. The maximum absolute atomic E-state index is 13.4. The summed E-state index contributed by atoms with van der Waals surface area (Å²) >= 11 is 1.58. The van der Waals surface area contributed by atoms with Crippen molar-refractivity contribution in [1.82, 2.24) is 10.3 Å². The van der Waals surface area contributed by atoms with Gasteiger partial charge in [0.1, 0.15) is 5.78 Å². The number of amides is 1. The molecule has 7 heteroatoms. The highest BCUT2D eigenvalue weighted by atomic mass is 32.1. The van der Waals surface area contributed by atoms with Gasteiger partial charge in [-0.15, -0.1) is 11.3 Å². The van der Waals surface area contributed by atoms with E-state index in [0.29, 0.717) is 6.42 Å². The van der Waals surface area contributed by atoms with Crippen molar-refractivity contribution in [1.29, 1.82) is 5.26 Å². The molecule has 1 aliphatic rings. The molecule has 0 aliphatic carbocycles. The Kier molecular flexibility index (Phi) is 10.4. The zero-order chi connectivity index (χ0) is 26.3. The fourth-order valence-corrected chi connectivity index (χ4v) is 5.31. The molecule has 2 rings (SSSR count). The number of aliphatic hydroxyl groups excluding tert-OH is 1. The number of nitrogens with zero attached hydrogens (tertiary/aromatic N) is 2. The van der Waals surface area contributed by atoms with Crippen LogP contribution >= 0.6 is 11.3 Å². The fourth-order valence-electron chi connectivity index (χ4n) is 4.74. The maximum Gasteiger partial charge on any atom is 0.221 e. The number of aromatic nitrogens is 1. The number of rotatable bonds is 2. The normalized spacial score (nSPS) is 29.7. The van der Waals surface area contributed by atoms with Crippen LogP contribution in [-0.2, 0) is 9.59 Å². The van der Waals surface area contributed by atoms with Crippen molar-refractivity contribution in [3.63, 3.8) is 0 Å². The van der Waals surface area contributed by atoms with Crippen LogP contribution in [0.5, 0.6) is 0 Å². The third-order valence-electron chi connectivity index (χ3n) is 7.39. The summed E-state index contributed by atoms with van der Waals surface area (Å²) in [6.45, 7) is 13.2. The average Bonchev–Trinajstić information content (AvgIpc) is 3.21. The molecule has 192 valence electrons. The highest BCUT2D eigenvalue weighted by Gasteiger charge is 2.42. The first kappa shape index (κ1) is 28.9. The van der Waals surface area contributed by atoms with Gasteiger partial charge in [-0.3, -0.25) is 9.59 Å². The van der Waals surface area contributed by atoms with Gasteiger partial charge in [0.05, 0.1) is 34.8 Å². The number of Topliss-reactive ketones (excluding diaryl/α,β-unsaturated/α-hetero) is 1. The number of nitrogens with one attached hydrogen (secondary N) is 1. The number of hydrogen-bond acceptors (Lipinski definition) is 6. The van der Waals surface area contributed by atoms with Crippen molar-refractivity contribution in [2.45, 2.75) is 92.7 Å². The maximum atomic E-state index is 13.4. The van der Waals surface area contributed by atoms with Crippen LogP contribution in [0.15, 0.2) is 22.6 Å². The van der Waals surface area contributed by atoms with Crippen LogP contribution in [0.4, 0.5) is 0 Å². The zero-order valence-corrected chi connectivity index (χ0v) is 23.0. The number of nitriles is 1. The van der Waals surface area contributed by atoms with Crippen LogP contribution in [0, 0.1) is 41.4 Å². The SMILES string of the molecule is CC1=CCC(C(C)=Cc2csc(C)n2)NC(=O)CC(C#N)C(C)(C)C(=O)[C@H](C)[C@@H](O)[C@@H](C)CCC1. The van der Waals surface area contributed by atoms with Gasteiger partial charge in [0.2, 0.25) is 5.91 Å². The molecular formula is C28H41N3O3S. The van der Waals surface area contributed by atoms with Gasteiger partial charge in [-0.1, -0.05) is 39.3 Å². The number of thiazole rings is 1. The van der Waals surface area contributed by atoms with E-state index in [0.717, 1.165) is 35.5 Å². The Hall–Kier alpha value is -2.30. The third kappa shape index (κ3) is 7.85. The Morgan fingerprint density at radius 2 is 2.00 bits per heavy atom. The van der Waals surface area contributed by atoms with E-state index in [2.05, 4.69) is 29.4 Å². The van der Waals surface area contributed by atoms with E-state index < -0.39 is 23.4 Å². The summed E-state index contributed by atoms with van der Waals surface area (Å²) in [5.41, 5.74) is 2.03. The summed E-state index contributed by atoms with van der Waals surface area (Å²) < 4.78 is 0. The minimum atomic E-state index is -1.06. The van der Waals surface area contributed by atoms with E-state index in [4.69, 9.17) is 0 Å². The van der Waals surface area contributed by atoms with E-state index in [1.165, 1.54) is 5.57 Å². The van der Waals surface area contributed by atoms with Crippen LogP contribution in [0.25, 0.3) is 6.08 Å². The average molecular weight is 500 g/mol. The van der Waals surface area contributed by atoms with Crippen molar-refractivity contribution >= 4 is 29.1 Å². The molecule has 0 spiro atoms. The van der Waals surface area contributed by atoms with Crippen molar-refractivity contribution in [3.8, 4) is 6.07 Å². The van der Waals surface area contributed by atoms with Crippen LogP contribution in [0.2, 0.25) is 0 Å². The Morgan fingerprint density at radius 1 is 1.31 bits per heavy atom. The van der Waals surface area contributed by atoms with Crippen LogP contribution in [0.1, 0.15) is 84.3 Å². The Bertz CT molecular complexity index is 1000. The number of aryl methyl sites for hydroxylation is 1. The van der Waals surface area contributed by atoms with Gasteiger partial charge >= 0.3 is 0 Å². The van der Waals surface area contributed by atoms with Gasteiger partial charge in [0, 0.05) is 23.1 Å². The molecule has 35 heavy (non-hydrogen) atoms. The molecule has 2 heterocycles. The summed E-state index contributed by atoms with van der Waals surface area (Å²) in [4.78, 5) is 31.0. The molecule has 0 aromatic carbocycles. The van der Waals surface area contributed by atoms with E-state index in [9.17, 15) is 20.0 Å². The number of ketones is 1. The molecule has 1 aromatic heterocycles. The number of hydrogen-bond donors (Lipinski definition) is 2. The van der Waals surface area contributed by atoms with Crippen molar-refractivity contribution < 1.29 is 14.7 Å². The number of allylic oxidation sites excluding steroid dienone is 1. The van der Waals surface area contributed by atoms with Crippen LogP contribution in [0.3, 0.4) is 0 Å². The first-order valence-corrected chi connectivity index (χ1v) is 13.4. The lowest BCUT2D eigenvalue weighted by atomic mass is 9.69.